The first-order valence-electron chi connectivity index (χ1n) is 6.05. The number of nitrogens with one attached hydrogen (secondary N) is 1. The predicted octanol–water partition coefficient (Wildman–Crippen LogP) is 1.62. The molecule has 0 saturated heterocycles. The molecule has 3 nitrogen and oxygen atoms in total. The average Bonchev–Trinajstić information content (AvgIpc) is 2.24. The largest absolute Gasteiger partial charge is 0.394 e. The number of aryl methyl sites for hydroxylation is 3. The van der Waals surface area contributed by atoms with Gasteiger partial charge >= 0.3 is 0 Å². The van der Waals surface area contributed by atoms with E-state index in [1.165, 1.54) is 22.3 Å². The Morgan fingerprint density at radius 2 is 1.71 bits per heavy atom. The topological polar surface area (TPSA) is 52.5 Å². The van der Waals surface area contributed by atoms with Gasteiger partial charge in [-0.3, -0.25) is 0 Å². The van der Waals surface area contributed by atoms with Crippen LogP contribution >= 0.6 is 0 Å². The van der Waals surface area contributed by atoms with Crippen LogP contribution in [0.2, 0.25) is 0 Å². The van der Waals surface area contributed by atoms with Gasteiger partial charge in [-0.05, 0) is 44.4 Å². The molecule has 1 aromatic carbocycles. The summed E-state index contributed by atoms with van der Waals surface area (Å²) in [6.45, 7) is 8.59. The van der Waals surface area contributed by atoms with E-state index in [1.807, 2.05) is 0 Å². The average molecular weight is 237 g/mol. The number of hydrogen-bond acceptors (Lipinski definition) is 3. The molecule has 1 aromatic rings. The molecule has 0 spiro atoms. The van der Waals surface area contributed by atoms with Crippen molar-refractivity contribution in [3.63, 3.8) is 0 Å². The van der Waals surface area contributed by atoms with E-state index in [-0.39, 0.29) is 12.6 Å². The second-order valence-electron chi connectivity index (χ2n) is 4.78. The Labute approximate surface area is 103 Å². The van der Waals surface area contributed by atoms with Crippen LogP contribution in [0.3, 0.4) is 0 Å². The highest BCUT2D eigenvalue weighted by molar-refractivity contribution is 5.39. The normalized spacial score (nSPS) is 14.7. The van der Waals surface area contributed by atoms with Crippen LogP contribution in [0.5, 0.6) is 0 Å². The molecule has 3 heteroatoms. The van der Waals surface area contributed by atoms with Gasteiger partial charge in [-0.2, -0.15) is 0 Å². The fourth-order valence-corrected chi connectivity index (χ4v) is 2.35. The van der Waals surface area contributed by atoms with E-state index >= 15 is 0 Å². The van der Waals surface area contributed by atoms with Crippen molar-refractivity contribution in [1.82, 2.24) is 5.32 Å². The van der Waals surface area contributed by atoms with Crippen LogP contribution in [0.1, 0.15) is 35.2 Å². The molecule has 0 bridgehead atoms. The van der Waals surface area contributed by atoms with E-state index in [4.69, 9.17) is 5.11 Å². The lowest BCUT2D eigenvalue weighted by atomic mass is 9.95. The highest BCUT2D eigenvalue weighted by atomic mass is 16.3. The molecule has 0 aliphatic rings. The molecule has 2 atom stereocenters. The van der Waals surface area contributed by atoms with Crippen molar-refractivity contribution in [3.05, 3.63) is 34.4 Å². The van der Waals surface area contributed by atoms with E-state index in [0.29, 0.717) is 6.54 Å². The van der Waals surface area contributed by atoms with Crippen LogP contribution in [0, 0.1) is 20.8 Å². The Hall–Kier alpha value is -0.900. The summed E-state index contributed by atoms with van der Waals surface area (Å²) in [5, 5.41) is 21.3. The van der Waals surface area contributed by atoms with Crippen LogP contribution in [-0.2, 0) is 0 Å². The zero-order valence-corrected chi connectivity index (χ0v) is 11.1. The van der Waals surface area contributed by atoms with Crippen molar-refractivity contribution in [2.75, 3.05) is 13.2 Å². The summed E-state index contributed by atoms with van der Waals surface area (Å²) in [5.41, 5.74) is 5.08. The van der Waals surface area contributed by atoms with Crippen molar-refractivity contribution in [1.29, 1.82) is 0 Å². The van der Waals surface area contributed by atoms with E-state index in [2.05, 4.69) is 45.1 Å². The minimum absolute atomic E-state index is 0.178. The third-order valence-corrected chi connectivity index (χ3v) is 3.04. The molecular weight excluding hydrogens is 214 g/mol. The van der Waals surface area contributed by atoms with Gasteiger partial charge in [-0.25, -0.2) is 0 Å². The standard InChI is InChI=1S/C14H23NO2/c1-9-5-10(2)14(11(3)6-9)12(4)15-7-13(17)8-16/h5-6,12-13,15-17H,7-8H2,1-4H3. The molecular formula is C14H23NO2. The third kappa shape index (κ3) is 3.80. The molecule has 17 heavy (non-hydrogen) atoms. The SMILES string of the molecule is Cc1cc(C)c(C(C)NCC(O)CO)c(C)c1. The van der Waals surface area contributed by atoms with Gasteiger partial charge in [-0.1, -0.05) is 17.7 Å². The zero-order chi connectivity index (χ0) is 13.0. The Morgan fingerprint density at radius 3 is 2.18 bits per heavy atom. The van der Waals surface area contributed by atoms with Crippen LogP contribution < -0.4 is 5.32 Å². The van der Waals surface area contributed by atoms with Gasteiger partial charge in [0.1, 0.15) is 0 Å². The molecule has 0 aliphatic heterocycles. The minimum Gasteiger partial charge on any atom is -0.394 e. The second kappa shape index (κ2) is 6.15. The molecule has 1 rings (SSSR count). The number of benzene rings is 1. The molecule has 0 aromatic heterocycles. The Balaban J connectivity index is 2.78. The van der Waals surface area contributed by atoms with Gasteiger partial charge in [0.15, 0.2) is 0 Å². The molecule has 2 unspecified atom stereocenters. The highest BCUT2D eigenvalue weighted by Gasteiger charge is 2.12. The van der Waals surface area contributed by atoms with E-state index in [9.17, 15) is 5.11 Å². The van der Waals surface area contributed by atoms with Crippen molar-refractivity contribution in [2.24, 2.45) is 0 Å². The van der Waals surface area contributed by atoms with Crippen molar-refractivity contribution in [2.45, 2.75) is 39.8 Å². The number of hydrogen-bond donors (Lipinski definition) is 3. The fourth-order valence-electron chi connectivity index (χ4n) is 2.35. The van der Waals surface area contributed by atoms with Crippen molar-refractivity contribution in [3.8, 4) is 0 Å². The molecule has 0 saturated carbocycles. The quantitative estimate of drug-likeness (QED) is 0.729. The van der Waals surface area contributed by atoms with Crippen LogP contribution in [0.4, 0.5) is 0 Å². The second-order valence-corrected chi connectivity index (χ2v) is 4.78. The van der Waals surface area contributed by atoms with E-state index in [0.717, 1.165) is 0 Å². The van der Waals surface area contributed by atoms with Crippen molar-refractivity contribution < 1.29 is 10.2 Å². The highest BCUT2D eigenvalue weighted by Crippen LogP contribution is 2.23. The van der Waals surface area contributed by atoms with Crippen LogP contribution in [0.25, 0.3) is 0 Å². The molecule has 3 N–H and O–H groups in total. The zero-order valence-electron chi connectivity index (χ0n) is 11.1. The Kier molecular flexibility index (Phi) is 5.12. The van der Waals surface area contributed by atoms with Gasteiger partial charge in [0, 0.05) is 12.6 Å². The smallest absolute Gasteiger partial charge is 0.0895 e. The molecule has 96 valence electrons. The van der Waals surface area contributed by atoms with E-state index < -0.39 is 6.10 Å². The summed E-state index contributed by atoms with van der Waals surface area (Å²) >= 11 is 0. The summed E-state index contributed by atoms with van der Waals surface area (Å²) in [6, 6.07) is 4.52. The molecule has 0 radical (unpaired) electrons. The van der Waals surface area contributed by atoms with Gasteiger partial charge in [-0.15, -0.1) is 0 Å². The summed E-state index contributed by atoms with van der Waals surface area (Å²) in [7, 11) is 0. The van der Waals surface area contributed by atoms with Crippen LogP contribution in [0.15, 0.2) is 12.1 Å². The lowest BCUT2D eigenvalue weighted by molar-refractivity contribution is 0.0923. The predicted molar refractivity (Wildman–Crippen MR) is 70.2 cm³/mol. The molecule has 0 heterocycles. The van der Waals surface area contributed by atoms with E-state index in [1.54, 1.807) is 0 Å². The molecule has 0 fully saturated rings. The molecule has 0 amide bonds. The summed E-state index contributed by atoms with van der Waals surface area (Å²) in [4.78, 5) is 0. The summed E-state index contributed by atoms with van der Waals surface area (Å²) in [6.07, 6.45) is -0.691. The maximum Gasteiger partial charge on any atom is 0.0895 e. The van der Waals surface area contributed by atoms with Crippen LogP contribution in [-0.4, -0.2) is 29.5 Å². The Bertz CT molecular complexity index is 353. The maximum atomic E-state index is 9.32. The first-order valence-corrected chi connectivity index (χ1v) is 6.05. The van der Waals surface area contributed by atoms with Gasteiger partial charge in [0.05, 0.1) is 12.7 Å². The maximum absolute atomic E-state index is 9.32. The number of rotatable bonds is 5. The minimum atomic E-state index is -0.691. The molecule has 0 aliphatic carbocycles. The summed E-state index contributed by atoms with van der Waals surface area (Å²) in [5.74, 6) is 0. The number of aliphatic hydroxyl groups is 2. The first kappa shape index (κ1) is 14.2. The fraction of sp³-hybridized carbons (Fsp3) is 0.571. The summed E-state index contributed by atoms with van der Waals surface area (Å²) < 4.78 is 0. The third-order valence-electron chi connectivity index (χ3n) is 3.04. The Morgan fingerprint density at radius 1 is 1.18 bits per heavy atom. The van der Waals surface area contributed by atoms with Gasteiger partial charge < -0.3 is 15.5 Å². The number of aliphatic hydroxyl groups excluding tert-OH is 2. The van der Waals surface area contributed by atoms with Gasteiger partial charge in [0.25, 0.3) is 0 Å². The lowest BCUT2D eigenvalue weighted by Gasteiger charge is -2.21. The first-order chi connectivity index (χ1) is 7.95. The van der Waals surface area contributed by atoms with Crippen molar-refractivity contribution >= 4 is 0 Å². The van der Waals surface area contributed by atoms with Gasteiger partial charge in [0.2, 0.25) is 0 Å². The monoisotopic (exact) mass is 237 g/mol. The lowest BCUT2D eigenvalue weighted by Crippen LogP contribution is -2.31.